The van der Waals surface area contributed by atoms with Crippen LogP contribution in [0.2, 0.25) is 0 Å². The number of anilines is 1. The van der Waals surface area contributed by atoms with Crippen molar-refractivity contribution in [2.75, 3.05) is 18.5 Å². The van der Waals surface area contributed by atoms with E-state index in [0.717, 1.165) is 24.6 Å². The molecule has 0 bridgehead atoms. The summed E-state index contributed by atoms with van der Waals surface area (Å²) in [6, 6.07) is 13.4. The predicted octanol–water partition coefficient (Wildman–Crippen LogP) is 5.63. The average Bonchev–Trinajstić information content (AvgIpc) is 2.69. The average molecular weight is 398 g/mol. The predicted molar refractivity (Wildman–Crippen MR) is 111 cm³/mol. The van der Waals surface area contributed by atoms with Crippen LogP contribution in [-0.4, -0.2) is 29.3 Å². The first kappa shape index (κ1) is 20.7. The SMILES string of the molecule is CC(C)OCCCNc1cc(-c2cc(F)ccc2F)cc(-c2cccc(O)c2)n1. The summed E-state index contributed by atoms with van der Waals surface area (Å²) in [5.74, 6) is -0.394. The number of nitrogens with one attached hydrogen (secondary N) is 1. The Bertz CT molecular complexity index is 977. The van der Waals surface area contributed by atoms with E-state index in [1.54, 1.807) is 36.4 Å². The number of rotatable bonds is 8. The van der Waals surface area contributed by atoms with Crippen LogP contribution in [-0.2, 0) is 4.74 Å². The third-order valence-corrected chi connectivity index (χ3v) is 4.29. The lowest BCUT2D eigenvalue weighted by Gasteiger charge is -2.13. The number of hydrogen-bond acceptors (Lipinski definition) is 4. The van der Waals surface area contributed by atoms with Gasteiger partial charge in [0, 0.05) is 24.3 Å². The number of aromatic nitrogens is 1. The van der Waals surface area contributed by atoms with E-state index in [1.807, 2.05) is 13.8 Å². The number of pyridine rings is 1. The van der Waals surface area contributed by atoms with E-state index in [2.05, 4.69) is 10.3 Å². The molecule has 0 spiro atoms. The van der Waals surface area contributed by atoms with Crippen LogP contribution in [0, 0.1) is 11.6 Å². The Balaban J connectivity index is 1.93. The molecule has 2 aromatic carbocycles. The van der Waals surface area contributed by atoms with Gasteiger partial charge in [-0.2, -0.15) is 0 Å². The second-order valence-electron chi connectivity index (χ2n) is 7.00. The summed E-state index contributed by atoms with van der Waals surface area (Å²) in [6.07, 6.45) is 0.949. The van der Waals surface area contributed by atoms with E-state index >= 15 is 0 Å². The van der Waals surface area contributed by atoms with Crippen molar-refractivity contribution in [1.82, 2.24) is 4.98 Å². The van der Waals surface area contributed by atoms with Gasteiger partial charge in [-0.05, 0) is 68.3 Å². The summed E-state index contributed by atoms with van der Waals surface area (Å²) in [5.41, 5.74) is 1.87. The van der Waals surface area contributed by atoms with Crippen LogP contribution in [0.4, 0.5) is 14.6 Å². The van der Waals surface area contributed by atoms with E-state index in [4.69, 9.17) is 4.74 Å². The molecule has 3 rings (SSSR count). The zero-order valence-corrected chi connectivity index (χ0v) is 16.5. The number of benzene rings is 2. The molecule has 0 aliphatic heterocycles. The standard InChI is InChI=1S/C23H24F2N2O2/c1-15(2)29-10-4-9-26-23-13-17(20-14-18(24)7-8-21(20)25)12-22(27-23)16-5-3-6-19(28)11-16/h3,5-8,11-15,28H,4,9-10H2,1-2H3,(H,26,27). The van der Waals surface area contributed by atoms with Crippen LogP contribution >= 0.6 is 0 Å². The van der Waals surface area contributed by atoms with Crippen LogP contribution in [0.5, 0.6) is 5.75 Å². The van der Waals surface area contributed by atoms with Gasteiger partial charge < -0.3 is 15.2 Å². The summed E-state index contributed by atoms with van der Waals surface area (Å²) in [6.45, 7) is 5.19. The molecule has 0 saturated heterocycles. The lowest BCUT2D eigenvalue weighted by Crippen LogP contribution is -2.10. The summed E-state index contributed by atoms with van der Waals surface area (Å²) in [5, 5.41) is 13.0. The summed E-state index contributed by atoms with van der Waals surface area (Å²) < 4.78 is 33.6. The number of aromatic hydroxyl groups is 1. The first-order valence-electron chi connectivity index (χ1n) is 9.55. The molecule has 0 unspecified atom stereocenters. The van der Waals surface area contributed by atoms with Gasteiger partial charge in [0.15, 0.2) is 0 Å². The van der Waals surface area contributed by atoms with E-state index in [-0.39, 0.29) is 17.4 Å². The Morgan fingerprint density at radius 3 is 2.62 bits per heavy atom. The first-order valence-corrected chi connectivity index (χ1v) is 9.55. The molecule has 4 nitrogen and oxygen atoms in total. The lowest BCUT2D eigenvalue weighted by atomic mass is 10.0. The van der Waals surface area contributed by atoms with Crippen molar-refractivity contribution in [2.24, 2.45) is 0 Å². The molecule has 1 heterocycles. The van der Waals surface area contributed by atoms with Gasteiger partial charge >= 0.3 is 0 Å². The zero-order chi connectivity index (χ0) is 20.8. The normalized spacial score (nSPS) is 11.1. The van der Waals surface area contributed by atoms with Crippen molar-refractivity contribution in [3.05, 3.63) is 66.2 Å². The Kier molecular flexibility index (Phi) is 6.77. The molecule has 1 aromatic heterocycles. The number of nitrogens with zero attached hydrogens (tertiary/aromatic N) is 1. The molecule has 0 fully saturated rings. The molecule has 6 heteroatoms. The molecule has 0 amide bonds. The molecule has 0 aliphatic carbocycles. The smallest absolute Gasteiger partial charge is 0.131 e. The van der Waals surface area contributed by atoms with Gasteiger partial charge in [-0.3, -0.25) is 0 Å². The van der Waals surface area contributed by atoms with Crippen molar-refractivity contribution in [1.29, 1.82) is 0 Å². The minimum Gasteiger partial charge on any atom is -0.508 e. The molecule has 0 saturated carbocycles. The van der Waals surface area contributed by atoms with Crippen molar-refractivity contribution in [3.63, 3.8) is 0 Å². The van der Waals surface area contributed by atoms with Gasteiger partial charge in [0.1, 0.15) is 23.2 Å². The maximum Gasteiger partial charge on any atom is 0.131 e. The van der Waals surface area contributed by atoms with E-state index in [1.165, 1.54) is 0 Å². The second-order valence-corrected chi connectivity index (χ2v) is 7.00. The minimum absolute atomic E-state index is 0.104. The Morgan fingerprint density at radius 2 is 1.86 bits per heavy atom. The van der Waals surface area contributed by atoms with Crippen LogP contribution < -0.4 is 5.32 Å². The Hall–Kier alpha value is -2.99. The Labute approximate surface area is 169 Å². The van der Waals surface area contributed by atoms with Crippen LogP contribution in [0.3, 0.4) is 0 Å². The third-order valence-electron chi connectivity index (χ3n) is 4.29. The topological polar surface area (TPSA) is 54.4 Å². The number of phenols is 1. The molecule has 0 aliphatic rings. The molecule has 152 valence electrons. The highest BCUT2D eigenvalue weighted by Gasteiger charge is 2.12. The summed E-state index contributed by atoms with van der Waals surface area (Å²) in [4.78, 5) is 4.58. The zero-order valence-electron chi connectivity index (χ0n) is 16.5. The molecular weight excluding hydrogens is 374 g/mol. The van der Waals surface area contributed by atoms with Crippen molar-refractivity contribution >= 4 is 5.82 Å². The Morgan fingerprint density at radius 1 is 1.03 bits per heavy atom. The van der Waals surface area contributed by atoms with E-state index in [0.29, 0.717) is 35.8 Å². The van der Waals surface area contributed by atoms with Gasteiger partial charge in [0.25, 0.3) is 0 Å². The number of ether oxygens (including phenoxy) is 1. The molecule has 29 heavy (non-hydrogen) atoms. The van der Waals surface area contributed by atoms with E-state index in [9.17, 15) is 13.9 Å². The quantitative estimate of drug-likeness (QED) is 0.483. The first-order chi connectivity index (χ1) is 13.9. The summed E-state index contributed by atoms with van der Waals surface area (Å²) >= 11 is 0. The fourth-order valence-corrected chi connectivity index (χ4v) is 2.92. The maximum absolute atomic E-state index is 14.3. The van der Waals surface area contributed by atoms with Gasteiger partial charge in [-0.15, -0.1) is 0 Å². The molecule has 0 atom stereocenters. The maximum atomic E-state index is 14.3. The van der Waals surface area contributed by atoms with E-state index < -0.39 is 11.6 Å². The summed E-state index contributed by atoms with van der Waals surface area (Å²) in [7, 11) is 0. The minimum atomic E-state index is -0.518. The molecule has 3 aromatic rings. The molecule has 2 N–H and O–H groups in total. The third kappa shape index (κ3) is 5.74. The highest BCUT2D eigenvalue weighted by atomic mass is 19.1. The largest absolute Gasteiger partial charge is 0.508 e. The van der Waals surface area contributed by atoms with Gasteiger partial charge in [-0.1, -0.05) is 12.1 Å². The molecular formula is C23H24F2N2O2. The number of hydrogen-bond donors (Lipinski definition) is 2. The monoisotopic (exact) mass is 398 g/mol. The highest BCUT2D eigenvalue weighted by molar-refractivity contribution is 5.74. The fourth-order valence-electron chi connectivity index (χ4n) is 2.92. The van der Waals surface area contributed by atoms with Crippen molar-refractivity contribution in [3.8, 4) is 28.1 Å². The second kappa shape index (κ2) is 9.47. The van der Waals surface area contributed by atoms with Gasteiger partial charge in [0.05, 0.1) is 11.8 Å². The fraction of sp³-hybridized carbons (Fsp3) is 0.261. The lowest BCUT2D eigenvalue weighted by molar-refractivity contribution is 0.0787. The van der Waals surface area contributed by atoms with Crippen molar-refractivity contribution in [2.45, 2.75) is 26.4 Å². The van der Waals surface area contributed by atoms with Crippen molar-refractivity contribution < 1.29 is 18.6 Å². The van der Waals surface area contributed by atoms with Crippen LogP contribution in [0.1, 0.15) is 20.3 Å². The molecule has 0 radical (unpaired) electrons. The van der Waals surface area contributed by atoms with Crippen LogP contribution in [0.25, 0.3) is 22.4 Å². The number of phenolic OH excluding ortho intramolecular Hbond substituents is 1. The number of halogens is 2. The van der Waals surface area contributed by atoms with Crippen LogP contribution in [0.15, 0.2) is 54.6 Å². The highest BCUT2D eigenvalue weighted by Crippen LogP contribution is 2.31. The van der Waals surface area contributed by atoms with Gasteiger partial charge in [0.2, 0.25) is 0 Å². The van der Waals surface area contributed by atoms with Gasteiger partial charge in [-0.25, -0.2) is 13.8 Å².